The molecule has 2 aromatic heterocycles. The lowest BCUT2D eigenvalue weighted by Gasteiger charge is -2.25. The largest absolute Gasteiger partial charge is 0.486 e. The van der Waals surface area contributed by atoms with Crippen LogP contribution in [0.3, 0.4) is 0 Å². The van der Waals surface area contributed by atoms with Crippen molar-refractivity contribution >= 4 is 22.7 Å². The van der Waals surface area contributed by atoms with Crippen LogP contribution in [0.1, 0.15) is 21.1 Å². The van der Waals surface area contributed by atoms with Crippen LogP contribution in [0.2, 0.25) is 0 Å². The van der Waals surface area contributed by atoms with Gasteiger partial charge in [-0.1, -0.05) is 0 Å². The van der Waals surface area contributed by atoms with Crippen LogP contribution < -0.4 is 4.74 Å². The first-order chi connectivity index (χ1) is 11.8. The van der Waals surface area contributed by atoms with Gasteiger partial charge in [0.15, 0.2) is 0 Å². The Bertz CT molecular complexity index is 813. The molecule has 1 aliphatic rings. The summed E-state index contributed by atoms with van der Waals surface area (Å²) >= 11 is 3.48. The quantitative estimate of drug-likeness (QED) is 0.671. The second-order valence-corrected chi connectivity index (χ2v) is 7.75. The van der Waals surface area contributed by atoms with E-state index in [1.54, 1.807) is 23.5 Å². The van der Waals surface area contributed by atoms with Crippen molar-refractivity contribution < 1.29 is 9.13 Å². The SMILES string of the molecule is Fc1ccc(OCc2nc(CN3CCc4sccc4C3)cs2)cc1. The molecule has 6 heteroatoms. The molecule has 3 nitrogen and oxygen atoms in total. The van der Waals surface area contributed by atoms with Gasteiger partial charge in [-0.3, -0.25) is 4.90 Å². The molecule has 3 aromatic rings. The van der Waals surface area contributed by atoms with Gasteiger partial charge < -0.3 is 4.74 Å². The number of hydrogen-bond acceptors (Lipinski definition) is 5. The molecule has 0 amide bonds. The summed E-state index contributed by atoms with van der Waals surface area (Å²) in [6, 6.07) is 8.30. The molecule has 0 bridgehead atoms. The molecule has 1 aromatic carbocycles. The molecule has 0 aliphatic carbocycles. The van der Waals surface area contributed by atoms with E-state index < -0.39 is 0 Å². The van der Waals surface area contributed by atoms with E-state index in [0.29, 0.717) is 12.4 Å². The van der Waals surface area contributed by atoms with Gasteiger partial charge in [0.1, 0.15) is 23.2 Å². The molecule has 0 saturated heterocycles. The van der Waals surface area contributed by atoms with Gasteiger partial charge in [-0.2, -0.15) is 0 Å². The van der Waals surface area contributed by atoms with E-state index in [1.807, 2.05) is 11.3 Å². The highest BCUT2D eigenvalue weighted by atomic mass is 32.1. The molecule has 0 unspecified atom stereocenters. The van der Waals surface area contributed by atoms with Crippen molar-refractivity contribution in [2.75, 3.05) is 6.54 Å². The number of benzene rings is 1. The monoisotopic (exact) mass is 360 g/mol. The van der Waals surface area contributed by atoms with Crippen LogP contribution in [0.25, 0.3) is 0 Å². The Balaban J connectivity index is 1.33. The maximum Gasteiger partial charge on any atom is 0.140 e. The first-order valence-electron chi connectivity index (χ1n) is 7.85. The van der Waals surface area contributed by atoms with Crippen LogP contribution in [0.4, 0.5) is 4.39 Å². The van der Waals surface area contributed by atoms with E-state index in [0.717, 1.165) is 36.8 Å². The number of hydrogen-bond donors (Lipinski definition) is 0. The summed E-state index contributed by atoms with van der Waals surface area (Å²) in [4.78, 5) is 8.63. The lowest BCUT2D eigenvalue weighted by Crippen LogP contribution is -2.29. The van der Waals surface area contributed by atoms with Gasteiger partial charge in [0.25, 0.3) is 0 Å². The number of thiophene rings is 1. The highest BCUT2D eigenvalue weighted by Crippen LogP contribution is 2.25. The topological polar surface area (TPSA) is 25.4 Å². The molecular formula is C18H17FN2OS2. The van der Waals surface area contributed by atoms with Gasteiger partial charge in [0.2, 0.25) is 0 Å². The van der Waals surface area contributed by atoms with E-state index in [9.17, 15) is 4.39 Å². The first-order valence-corrected chi connectivity index (χ1v) is 9.61. The number of halogens is 1. The van der Waals surface area contributed by atoms with Crippen molar-refractivity contribution in [2.24, 2.45) is 0 Å². The van der Waals surface area contributed by atoms with E-state index >= 15 is 0 Å². The summed E-state index contributed by atoms with van der Waals surface area (Å²) in [7, 11) is 0. The number of thiazole rings is 1. The van der Waals surface area contributed by atoms with Crippen LogP contribution in [0.15, 0.2) is 41.1 Å². The Kier molecular flexibility index (Phi) is 4.60. The van der Waals surface area contributed by atoms with Crippen LogP contribution >= 0.6 is 22.7 Å². The van der Waals surface area contributed by atoms with Gasteiger partial charge in [-0.15, -0.1) is 22.7 Å². The molecular weight excluding hydrogens is 343 g/mol. The fraction of sp³-hybridized carbons (Fsp3) is 0.278. The Morgan fingerprint density at radius 2 is 2.04 bits per heavy atom. The van der Waals surface area contributed by atoms with Crippen molar-refractivity contribution in [3.05, 3.63) is 68.1 Å². The minimum absolute atomic E-state index is 0.255. The van der Waals surface area contributed by atoms with Gasteiger partial charge in [-0.25, -0.2) is 9.37 Å². The van der Waals surface area contributed by atoms with Gasteiger partial charge >= 0.3 is 0 Å². The standard InChI is InChI=1S/C18H17FN2OS2/c19-14-1-3-16(4-2-14)22-11-18-20-15(12-24-18)10-21-7-5-17-13(9-21)6-8-23-17/h1-4,6,8,12H,5,7,9-11H2. The summed E-state index contributed by atoms with van der Waals surface area (Å²) in [5.74, 6) is 0.406. The molecule has 4 rings (SSSR count). The predicted octanol–water partition coefficient (Wildman–Crippen LogP) is 4.48. The summed E-state index contributed by atoms with van der Waals surface area (Å²) < 4.78 is 18.5. The van der Waals surface area contributed by atoms with Crippen LogP contribution in [-0.4, -0.2) is 16.4 Å². The second kappa shape index (κ2) is 7.01. The van der Waals surface area contributed by atoms with E-state index in [2.05, 4.69) is 26.7 Å². The molecule has 0 spiro atoms. The normalized spacial score (nSPS) is 14.5. The zero-order valence-corrected chi connectivity index (χ0v) is 14.7. The van der Waals surface area contributed by atoms with Crippen LogP contribution in [0.5, 0.6) is 5.75 Å². The average molecular weight is 360 g/mol. The first kappa shape index (κ1) is 15.7. The van der Waals surface area contributed by atoms with Crippen molar-refractivity contribution in [2.45, 2.75) is 26.1 Å². The number of aromatic nitrogens is 1. The van der Waals surface area contributed by atoms with Crippen LogP contribution in [0, 0.1) is 5.82 Å². The molecule has 1 aliphatic heterocycles. The number of fused-ring (bicyclic) bond motifs is 1. The molecule has 0 radical (unpaired) electrons. The third kappa shape index (κ3) is 3.66. The molecule has 0 atom stereocenters. The third-order valence-corrected chi connectivity index (χ3v) is 5.94. The molecule has 24 heavy (non-hydrogen) atoms. The molecule has 0 fully saturated rings. The number of ether oxygens (including phenoxy) is 1. The smallest absolute Gasteiger partial charge is 0.140 e. The average Bonchev–Trinajstić information content (AvgIpc) is 3.23. The Morgan fingerprint density at radius 3 is 2.92 bits per heavy atom. The molecule has 124 valence electrons. The number of nitrogens with zero attached hydrogens (tertiary/aromatic N) is 2. The Hall–Kier alpha value is -1.76. The summed E-state index contributed by atoms with van der Waals surface area (Å²) in [5, 5.41) is 5.23. The fourth-order valence-corrected chi connectivity index (χ4v) is 4.42. The fourth-order valence-electron chi connectivity index (χ4n) is 2.83. The van der Waals surface area contributed by atoms with Gasteiger partial charge in [0, 0.05) is 29.9 Å². The van der Waals surface area contributed by atoms with Gasteiger partial charge in [-0.05, 0) is 47.7 Å². The maximum atomic E-state index is 12.9. The summed E-state index contributed by atoms with van der Waals surface area (Å²) in [6.07, 6.45) is 1.14. The molecule has 3 heterocycles. The highest BCUT2D eigenvalue weighted by Gasteiger charge is 2.18. The van der Waals surface area contributed by atoms with E-state index in [4.69, 9.17) is 4.74 Å². The minimum atomic E-state index is -0.255. The van der Waals surface area contributed by atoms with Crippen molar-refractivity contribution in [1.82, 2.24) is 9.88 Å². The Labute approximate surface area is 148 Å². The maximum absolute atomic E-state index is 12.9. The van der Waals surface area contributed by atoms with Crippen LogP contribution in [-0.2, 0) is 26.1 Å². The van der Waals surface area contributed by atoms with Gasteiger partial charge in [0.05, 0.1) is 5.69 Å². The zero-order valence-electron chi connectivity index (χ0n) is 13.1. The lowest BCUT2D eigenvalue weighted by molar-refractivity contribution is 0.244. The van der Waals surface area contributed by atoms with Crippen molar-refractivity contribution in [3.8, 4) is 5.75 Å². The third-order valence-electron chi connectivity index (χ3n) is 4.05. The van der Waals surface area contributed by atoms with E-state index in [-0.39, 0.29) is 5.82 Å². The molecule has 0 saturated carbocycles. The molecule has 0 N–H and O–H groups in total. The van der Waals surface area contributed by atoms with E-state index in [1.165, 1.54) is 22.6 Å². The van der Waals surface area contributed by atoms with Crippen molar-refractivity contribution in [1.29, 1.82) is 0 Å². The zero-order chi connectivity index (χ0) is 16.4. The highest BCUT2D eigenvalue weighted by molar-refractivity contribution is 7.10. The second-order valence-electron chi connectivity index (χ2n) is 5.80. The Morgan fingerprint density at radius 1 is 1.17 bits per heavy atom. The van der Waals surface area contributed by atoms with Crippen molar-refractivity contribution in [3.63, 3.8) is 0 Å². The predicted molar refractivity (Wildman–Crippen MR) is 95.0 cm³/mol. The minimum Gasteiger partial charge on any atom is -0.486 e. The lowest BCUT2D eigenvalue weighted by atomic mass is 10.1. The summed E-state index contributed by atoms with van der Waals surface area (Å²) in [6.45, 7) is 3.40. The number of rotatable bonds is 5. The summed E-state index contributed by atoms with van der Waals surface area (Å²) in [5.41, 5.74) is 2.55.